The van der Waals surface area contributed by atoms with Gasteiger partial charge in [0.2, 0.25) is 5.95 Å². The van der Waals surface area contributed by atoms with Crippen LogP contribution in [0.25, 0.3) is 10.2 Å². The Morgan fingerprint density at radius 3 is 3.00 bits per heavy atom. The molecule has 0 saturated carbocycles. The first kappa shape index (κ1) is 18.5. The summed E-state index contributed by atoms with van der Waals surface area (Å²) in [5.74, 6) is 0.621. The van der Waals surface area contributed by atoms with E-state index in [1.807, 2.05) is 30.6 Å². The van der Waals surface area contributed by atoms with Crippen molar-refractivity contribution >= 4 is 33.2 Å². The molecule has 0 amide bonds. The summed E-state index contributed by atoms with van der Waals surface area (Å²) in [4.78, 5) is 20.3. The number of anilines is 2. The lowest BCUT2D eigenvalue weighted by atomic mass is 10.1. The van der Waals surface area contributed by atoms with Gasteiger partial charge in [0.1, 0.15) is 10.2 Å². The van der Waals surface area contributed by atoms with Crippen LogP contribution in [0.4, 0.5) is 11.6 Å². The van der Waals surface area contributed by atoms with Crippen molar-refractivity contribution in [1.82, 2.24) is 9.55 Å². The minimum Gasteiger partial charge on any atom is -0.386 e. The molecule has 1 fully saturated rings. The number of rotatable bonds is 4. The van der Waals surface area contributed by atoms with E-state index in [1.165, 1.54) is 11.3 Å². The number of aromatic nitrogens is 2. The molecule has 3 aromatic rings. The quantitative estimate of drug-likeness (QED) is 0.705. The van der Waals surface area contributed by atoms with Gasteiger partial charge in [0.25, 0.3) is 5.56 Å². The van der Waals surface area contributed by atoms with E-state index in [1.54, 1.807) is 10.6 Å². The highest BCUT2D eigenvalue weighted by atomic mass is 32.1. The molecule has 0 spiro atoms. The topological polar surface area (TPSA) is 100.0 Å². The molecule has 3 N–H and O–H groups in total. The molecule has 8 heteroatoms. The van der Waals surface area contributed by atoms with Crippen LogP contribution in [0.5, 0.6) is 0 Å². The zero-order chi connectivity index (χ0) is 19.7. The second-order valence-corrected chi connectivity index (χ2v) is 7.88. The van der Waals surface area contributed by atoms with Crippen LogP contribution in [0, 0.1) is 11.3 Å². The number of hydrogen-bond acceptors (Lipinski definition) is 7. The number of nitrogens with two attached hydrogens (primary N) is 1. The number of thiophene rings is 1. The maximum atomic E-state index is 13.4. The van der Waals surface area contributed by atoms with E-state index in [2.05, 4.69) is 16.3 Å². The molecule has 0 unspecified atom stereocenters. The third-order valence-electron chi connectivity index (χ3n) is 5.13. The maximum absolute atomic E-state index is 13.4. The van der Waals surface area contributed by atoms with Crippen molar-refractivity contribution in [2.75, 3.05) is 30.4 Å². The summed E-state index contributed by atoms with van der Waals surface area (Å²) in [7, 11) is 1.83. The van der Waals surface area contributed by atoms with Crippen LogP contribution in [0.2, 0.25) is 0 Å². The van der Waals surface area contributed by atoms with Crippen molar-refractivity contribution in [3.63, 3.8) is 0 Å². The van der Waals surface area contributed by atoms with Crippen LogP contribution in [-0.2, 0) is 6.54 Å². The lowest BCUT2D eigenvalue weighted by Gasteiger charge is -2.33. The standard InChI is InChI=1S/C20H22N6OS/c1-23-16-12-28-18-17(16)24-20(25-8-4-7-15(22)11-25)26(19(18)27)10-14-6-3-2-5-13(14)9-21/h2-3,5-6,12,15,23H,4,7-8,10-11,22H2,1H3/t15-/m1/s1. The van der Waals surface area contributed by atoms with Crippen LogP contribution in [0.15, 0.2) is 34.4 Å². The second kappa shape index (κ2) is 7.62. The van der Waals surface area contributed by atoms with E-state index in [9.17, 15) is 10.1 Å². The number of nitrogens with one attached hydrogen (secondary N) is 1. The molecule has 1 aliphatic rings. The van der Waals surface area contributed by atoms with Gasteiger partial charge in [0.05, 0.1) is 23.9 Å². The lowest BCUT2D eigenvalue weighted by Crippen LogP contribution is -2.45. The summed E-state index contributed by atoms with van der Waals surface area (Å²) in [5, 5.41) is 14.5. The molecule has 3 heterocycles. The molecule has 1 atom stereocenters. The molecular formula is C20H22N6OS. The highest BCUT2D eigenvalue weighted by molar-refractivity contribution is 7.17. The van der Waals surface area contributed by atoms with Crippen molar-refractivity contribution < 1.29 is 0 Å². The Morgan fingerprint density at radius 1 is 1.43 bits per heavy atom. The van der Waals surface area contributed by atoms with Gasteiger partial charge < -0.3 is 16.0 Å². The Morgan fingerprint density at radius 2 is 2.25 bits per heavy atom. The first-order valence-corrected chi connectivity index (χ1v) is 10.2. The Kier molecular flexibility index (Phi) is 5.03. The predicted molar refractivity (Wildman–Crippen MR) is 113 cm³/mol. The molecule has 4 rings (SSSR count). The van der Waals surface area contributed by atoms with Crippen LogP contribution >= 0.6 is 11.3 Å². The van der Waals surface area contributed by atoms with E-state index in [0.717, 1.165) is 30.6 Å². The van der Waals surface area contributed by atoms with Crippen molar-refractivity contribution in [2.45, 2.75) is 25.4 Å². The van der Waals surface area contributed by atoms with Crippen molar-refractivity contribution in [1.29, 1.82) is 5.26 Å². The van der Waals surface area contributed by atoms with Crippen LogP contribution in [0.3, 0.4) is 0 Å². The normalized spacial score (nSPS) is 16.9. The van der Waals surface area contributed by atoms with Gasteiger partial charge in [0.15, 0.2) is 0 Å². The Labute approximate surface area is 167 Å². The Hall–Kier alpha value is -2.89. The summed E-state index contributed by atoms with van der Waals surface area (Å²) >= 11 is 1.39. The average Bonchev–Trinajstić information content (AvgIpc) is 3.13. The zero-order valence-corrected chi connectivity index (χ0v) is 16.5. The van der Waals surface area contributed by atoms with E-state index in [4.69, 9.17) is 10.7 Å². The number of nitriles is 1. The highest BCUT2D eigenvalue weighted by Gasteiger charge is 2.24. The molecule has 0 bridgehead atoms. The SMILES string of the molecule is CNc1csc2c(=O)n(Cc3ccccc3C#N)c(N3CCC[C@@H](N)C3)nc12. The molecule has 1 saturated heterocycles. The second-order valence-electron chi connectivity index (χ2n) is 7.00. The fourth-order valence-corrected chi connectivity index (χ4v) is 4.62. The van der Waals surface area contributed by atoms with Crippen molar-refractivity contribution in [3.05, 3.63) is 51.1 Å². The van der Waals surface area contributed by atoms with Crippen molar-refractivity contribution in [3.8, 4) is 6.07 Å². The smallest absolute Gasteiger partial charge is 0.273 e. The number of piperidine rings is 1. The summed E-state index contributed by atoms with van der Waals surface area (Å²) in [6, 6.07) is 9.64. The fourth-order valence-electron chi connectivity index (χ4n) is 3.68. The fraction of sp³-hybridized carbons (Fsp3) is 0.350. The van der Waals surface area contributed by atoms with Gasteiger partial charge in [0, 0.05) is 31.6 Å². The van der Waals surface area contributed by atoms with Gasteiger partial charge in [-0.2, -0.15) is 5.26 Å². The Bertz CT molecular complexity index is 1110. The molecule has 1 aromatic carbocycles. The van der Waals surface area contributed by atoms with E-state index >= 15 is 0 Å². The number of benzene rings is 1. The summed E-state index contributed by atoms with van der Waals surface area (Å²) in [6.07, 6.45) is 1.94. The number of hydrogen-bond donors (Lipinski definition) is 2. The van der Waals surface area contributed by atoms with Gasteiger partial charge in [-0.1, -0.05) is 18.2 Å². The first-order chi connectivity index (χ1) is 13.6. The van der Waals surface area contributed by atoms with Crippen LogP contribution < -0.4 is 21.5 Å². The van der Waals surface area contributed by atoms with Gasteiger partial charge in [-0.15, -0.1) is 11.3 Å². The summed E-state index contributed by atoms with van der Waals surface area (Å²) in [5.41, 5.74) is 9.02. The van der Waals surface area contributed by atoms with Gasteiger partial charge in [-0.3, -0.25) is 9.36 Å². The van der Waals surface area contributed by atoms with Crippen LogP contribution in [-0.4, -0.2) is 35.7 Å². The molecular weight excluding hydrogens is 372 g/mol. The maximum Gasteiger partial charge on any atom is 0.273 e. The molecule has 0 aliphatic carbocycles. The molecule has 0 radical (unpaired) electrons. The van der Waals surface area contributed by atoms with E-state index in [0.29, 0.717) is 34.8 Å². The third-order valence-corrected chi connectivity index (χ3v) is 6.09. The molecule has 7 nitrogen and oxygen atoms in total. The number of fused-ring (bicyclic) bond motifs is 1. The highest BCUT2D eigenvalue weighted by Crippen LogP contribution is 2.29. The van der Waals surface area contributed by atoms with Gasteiger partial charge >= 0.3 is 0 Å². The summed E-state index contributed by atoms with van der Waals surface area (Å²) in [6.45, 7) is 1.78. The van der Waals surface area contributed by atoms with Crippen LogP contribution in [0.1, 0.15) is 24.0 Å². The third kappa shape index (κ3) is 3.23. The summed E-state index contributed by atoms with van der Waals surface area (Å²) < 4.78 is 2.30. The molecule has 2 aromatic heterocycles. The largest absolute Gasteiger partial charge is 0.386 e. The molecule has 1 aliphatic heterocycles. The minimum atomic E-state index is -0.0848. The number of nitrogens with zero attached hydrogens (tertiary/aromatic N) is 4. The predicted octanol–water partition coefficient (Wildman–Crippen LogP) is 2.35. The average molecular weight is 395 g/mol. The van der Waals surface area contributed by atoms with E-state index in [-0.39, 0.29) is 11.6 Å². The Balaban J connectivity index is 1.90. The lowest BCUT2D eigenvalue weighted by molar-refractivity contribution is 0.492. The minimum absolute atomic E-state index is 0.0624. The first-order valence-electron chi connectivity index (χ1n) is 9.30. The van der Waals surface area contributed by atoms with Crippen molar-refractivity contribution in [2.24, 2.45) is 5.73 Å². The van der Waals surface area contributed by atoms with Gasteiger partial charge in [-0.05, 0) is 24.5 Å². The van der Waals surface area contributed by atoms with Gasteiger partial charge in [-0.25, -0.2) is 4.98 Å². The molecule has 144 valence electrons. The monoisotopic (exact) mass is 394 g/mol. The zero-order valence-electron chi connectivity index (χ0n) is 15.7. The van der Waals surface area contributed by atoms with E-state index < -0.39 is 0 Å². The molecule has 28 heavy (non-hydrogen) atoms.